The zero-order chi connectivity index (χ0) is 26.2. The number of aromatic nitrogens is 3. The van der Waals surface area contributed by atoms with Crippen molar-refractivity contribution in [3.63, 3.8) is 0 Å². The predicted molar refractivity (Wildman–Crippen MR) is 145 cm³/mol. The van der Waals surface area contributed by atoms with Gasteiger partial charge in [0, 0.05) is 31.5 Å². The first-order chi connectivity index (χ1) is 17.9. The molecule has 0 bridgehead atoms. The number of rotatable bonds is 12. The second kappa shape index (κ2) is 12.8. The number of hydrogen-bond donors (Lipinski definition) is 4. The maximum Gasteiger partial charge on any atom is 0.319 e. The first-order valence-electron chi connectivity index (χ1n) is 13.2. The molecule has 3 aromatic rings. The maximum absolute atomic E-state index is 12.3. The molecule has 10 heteroatoms. The lowest BCUT2D eigenvalue weighted by atomic mass is 10.1. The number of aliphatic hydroxyl groups is 1. The van der Waals surface area contributed by atoms with Crippen LogP contribution in [-0.2, 0) is 11.2 Å². The summed E-state index contributed by atoms with van der Waals surface area (Å²) >= 11 is 0. The van der Waals surface area contributed by atoms with E-state index in [-0.39, 0.29) is 18.4 Å². The van der Waals surface area contributed by atoms with Crippen molar-refractivity contribution in [2.75, 3.05) is 30.7 Å². The number of nitrogens with one attached hydrogen (secondary N) is 2. The number of amides is 2. The summed E-state index contributed by atoms with van der Waals surface area (Å²) in [6.45, 7) is 5.70. The van der Waals surface area contributed by atoms with E-state index in [1.807, 2.05) is 33.9 Å². The Balaban J connectivity index is 1.19. The average molecular weight is 510 g/mol. The second-order valence-corrected chi connectivity index (χ2v) is 9.67. The van der Waals surface area contributed by atoms with Gasteiger partial charge >= 0.3 is 6.03 Å². The summed E-state index contributed by atoms with van der Waals surface area (Å²) < 4.78 is 8.31. The zero-order valence-corrected chi connectivity index (χ0v) is 21.8. The molecule has 0 aliphatic carbocycles. The minimum Gasteiger partial charge on any atom is -0.383 e. The van der Waals surface area contributed by atoms with Gasteiger partial charge in [0.2, 0.25) is 0 Å². The number of nitrogen functional groups attached to an aromatic ring is 1. The number of aryl methyl sites for hydroxylation is 1. The van der Waals surface area contributed by atoms with Gasteiger partial charge in [0.15, 0.2) is 0 Å². The van der Waals surface area contributed by atoms with E-state index in [0.717, 1.165) is 36.0 Å². The molecule has 0 spiro atoms. The van der Waals surface area contributed by atoms with E-state index < -0.39 is 6.23 Å². The van der Waals surface area contributed by atoms with Gasteiger partial charge in [-0.2, -0.15) is 0 Å². The van der Waals surface area contributed by atoms with Gasteiger partial charge in [-0.3, -0.25) is 4.90 Å². The van der Waals surface area contributed by atoms with Crippen molar-refractivity contribution in [3.05, 3.63) is 48.4 Å². The molecule has 0 saturated carbocycles. The number of hydrogen-bond acceptors (Lipinski definition) is 7. The van der Waals surface area contributed by atoms with Crippen molar-refractivity contribution in [1.29, 1.82) is 0 Å². The molecule has 1 saturated heterocycles. The van der Waals surface area contributed by atoms with Gasteiger partial charge in [-0.25, -0.2) is 14.8 Å². The summed E-state index contributed by atoms with van der Waals surface area (Å²) in [6, 6.07) is 9.68. The van der Waals surface area contributed by atoms with E-state index >= 15 is 0 Å². The van der Waals surface area contributed by atoms with Crippen LogP contribution in [0, 0.1) is 0 Å². The van der Waals surface area contributed by atoms with Crippen LogP contribution >= 0.6 is 0 Å². The first kappa shape index (κ1) is 26.8. The molecular formula is C27H39N7O3. The summed E-state index contributed by atoms with van der Waals surface area (Å²) in [6.07, 6.45) is 8.50. The van der Waals surface area contributed by atoms with E-state index in [2.05, 4.69) is 39.7 Å². The Morgan fingerprint density at radius 2 is 2.05 bits per heavy atom. The smallest absolute Gasteiger partial charge is 0.319 e. The molecular weight excluding hydrogens is 470 g/mol. The van der Waals surface area contributed by atoms with Crippen molar-refractivity contribution in [1.82, 2.24) is 24.8 Å². The molecule has 1 aromatic carbocycles. The molecule has 2 aromatic heterocycles. The summed E-state index contributed by atoms with van der Waals surface area (Å²) in [4.78, 5) is 22.7. The molecule has 0 radical (unpaired) electrons. The van der Waals surface area contributed by atoms with Gasteiger partial charge in [0.05, 0.1) is 11.5 Å². The summed E-state index contributed by atoms with van der Waals surface area (Å²) in [5, 5.41) is 16.9. The van der Waals surface area contributed by atoms with Gasteiger partial charge in [-0.1, -0.05) is 25.5 Å². The van der Waals surface area contributed by atoms with Crippen LogP contribution in [0.3, 0.4) is 0 Å². The Kier molecular flexibility index (Phi) is 9.32. The number of carbonyl (C=O) groups excluding carboxylic acids is 1. The third-order valence-corrected chi connectivity index (χ3v) is 6.84. The molecule has 3 atom stereocenters. The SMILES string of the molecule is CCCCc1ccc(NC(=O)NCCCN(C[C@@H]2CC[C@H](n3ccc4c(N)ncnc43)O2)C(C)O)cc1. The fraction of sp³-hybridized carbons (Fsp3) is 0.519. The fourth-order valence-corrected chi connectivity index (χ4v) is 4.74. The van der Waals surface area contributed by atoms with E-state index in [9.17, 15) is 9.90 Å². The third-order valence-electron chi connectivity index (χ3n) is 6.84. The Bertz CT molecular complexity index is 1150. The van der Waals surface area contributed by atoms with Gasteiger partial charge in [-0.15, -0.1) is 0 Å². The van der Waals surface area contributed by atoms with Crippen LogP contribution in [0.25, 0.3) is 11.0 Å². The highest BCUT2D eigenvalue weighted by Gasteiger charge is 2.30. The summed E-state index contributed by atoms with van der Waals surface area (Å²) in [7, 11) is 0. The Labute approximate surface area is 218 Å². The van der Waals surface area contributed by atoms with Crippen molar-refractivity contribution in [2.45, 2.75) is 70.9 Å². The Morgan fingerprint density at radius 1 is 1.24 bits per heavy atom. The maximum atomic E-state index is 12.3. The molecule has 4 rings (SSSR count). The molecule has 200 valence electrons. The van der Waals surface area contributed by atoms with E-state index in [4.69, 9.17) is 10.5 Å². The highest BCUT2D eigenvalue weighted by Crippen LogP contribution is 2.32. The van der Waals surface area contributed by atoms with Crippen LogP contribution in [0.5, 0.6) is 0 Å². The Hall–Kier alpha value is -3.21. The minimum absolute atomic E-state index is 0.00668. The number of carbonyl (C=O) groups is 1. The first-order valence-corrected chi connectivity index (χ1v) is 13.2. The van der Waals surface area contributed by atoms with E-state index in [1.165, 1.54) is 24.7 Å². The van der Waals surface area contributed by atoms with Crippen molar-refractivity contribution in [3.8, 4) is 0 Å². The standard InChI is InChI=1S/C27H39N7O3/c1-3-4-6-20-7-9-21(10-8-20)32-27(36)29-14-5-15-33(19(2)35)17-22-11-12-24(37-22)34-16-13-23-25(28)30-18-31-26(23)34/h7-10,13,16,18-19,22,24,35H,3-6,11-12,14-15,17H2,1-2H3,(H2,28,30,31)(H2,29,32,36)/t19?,22-,24+/m0/s1. The number of urea groups is 1. The number of benzene rings is 1. The van der Waals surface area contributed by atoms with E-state index in [0.29, 0.717) is 31.9 Å². The molecule has 5 N–H and O–H groups in total. The number of nitrogens with two attached hydrogens (primary N) is 1. The number of nitrogens with zero attached hydrogens (tertiary/aromatic N) is 4. The molecule has 1 aliphatic heterocycles. The highest BCUT2D eigenvalue weighted by molar-refractivity contribution is 5.89. The van der Waals surface area contributed by atoms with Crippen molar-refractivity contribution in [2.24, 2.45) is 0 Å². The topological polar surface area (TPSA) is 131 Å². The van der Waals surface area contributed by atoms with Crippen LogP contribution in [-0.4, -0.2) is 62.5 Å². The fourth-order valence-electron chi connectivity index (χ4n) is 4.74. The normalized spacial score (nSPS) is 18.4. The molecule has 37 heavy (non-hydrogen) atoms. The number of aliphatic hydroxyl groups excluding tert-OH is 1. The van der Waals surface area contributed by atoms with Gasteiger partial charge < -0.3 is 30.8 Å². The monoisotopic (exact) mass is 509 g/mol. The lowest BCUT2D eigenvalue weighted by Crippen LogP contribution is -2.41. The number of ether oxygens (including phenoxy) is 1. The van der Waals surface area contributed by atoms with Crippen LogP contribution < -0.4 is 16.4 Å². The molecule has 1 fully saturated rings. The van der Waals surface area contributed by atoms with Crippen LogP contribution in [0.15, 0.2) is 42.9 Å². The second-order valence-electron chi connectivity index (χ2n) is 9.67. The highest BCUT2D eigenvalue weighted by atomic mass is 16.5. The summed E-state index contributed by atoms with van der Waals surface area (Å²) in [5.41, 5.74) is 8.79. The van der Waals surface area contributed by atoms with Crippen molar-refractivity contribution < 1.29 is 14.6 Å². The number of unbranched alkanes of at least 4 members (excludes halogenated alkanes) is 1. The molecule has 1 aliphatic rings. The number of fused-ring (bicyclic) bond motifs is 1. The lowest BCUT2D eigenvalue weighted by Gasteiger charge is -2.28. The van der Waals surface area contributed by atoms with Crippen LogP contribution in [0.1, 0.15) is 57.7 Å². The zero-order valence-electron chi connectivity index (χ0n) is 21.8. The lowest BCUT2D eigenvalue weighted by molar-refractivity contribution is -0.0483. The molecule has 2 amide bonds. The predicted octanol–water partition coefficient (Wildman–Crippen LogP) is 3.89. The van der Waals surface area contributed by atoms with Crippen molar-refractivity contribution >= 4 is 28.6 Å². The molecule has 1 unspecified atom stereocenters. The van der Waals surface area contributed by atoms with Crippen LogP contribution in [0.4, 0.5) is 16.3 Å². The quantitative estimate of drug-likeness (QED) is 0.215. The molecule has 10 nitrogen and oxygen atoms in total. The van der Waals surface area contributed by atoms with Gasteiger partial charge in [0.1, 0.15) is 30.2 Å². The largest absolute Gasteiger partial charge is 0.383 e. The average Bonchev–Trinajstić information content (AvgIpc) is 3.53. The number of anilines is 2. The Morgan fingerprint density at radius 3 is 2.81 bits per heavy atom. The van der Waals surface area contributed by atoms with E-state index in [1.54, 1.807) is 6.92 Å². The van der Waals surface area contributed by atoms with Crippen LogP contribution in [0.2, 0.25) is 0 Å². The summed E-state index contributed by atoms with van der Waals surface area (Å²) in [5.74, 6) is 0.459. The third kappa shape index (κ3) is 7.18. The minimum atomic E-state index is -0.609. The van der Waals surface area contributed by atoms with Gasteiger partial charge in [0.25, 0.3) is 0 Å². The van der Waals surface area contributed by atoms with Gasteiger partial charge in [-0.05, 0) is 62.8 Å². The molecule has 3 heterocycles.